The summed E-state index contributed by atoms with van der Waals surface area (Å²) in [5.74, 6) is 1.19. The molecule has 2 aliphatic rings. The molecule has 118 valence electrons. The molecule has 1 aliphatic heterocycles. The van der Waals surface area contributed by atoms with Crippen molar-refractivity contribution in [3.8, 4) is 0 Å². The summed E-state index contributed by atoms with van der Waals surface area (Å²) in [4.78, 5) is 0. The predicted molar refractivity (Wildman–Crippen MR) is 79.7 cm³/mol. The third-order valence-corrected chi connectivity index (χ3v) is 7.00. The molecule has 0 N–H and O–H groups in total. The number of likely N-dealkylation sites (N-methyl/N-ethyl adjacent to an activating group) is 1. The van der Waals surface area contributed by atoms with E-state index in [2.05, 4.69) is 6.92 Å². The molecule has 1 heterocycles. The summed E-state index contributed by atoms with van der Waals surface area (Å²) in [6, 6.07) is 0.211. The Morgan fingerprint density at radius 1 is 1.25 bits per heavy atom. The minimum absolute atomic E-state index is 0.211. The summed E-state index contributed by atoms with van der Waals surface area (Å²) in [7, 11) is -0.0870. The lowest BCUT2D eigenvalue weighted by atomic mass is 9.74. The molecule has 0 unspecified atom stereocenters. The van der Waals surface area contributed by atoms with Crippen LogP contribution < -0.4 is 0 Å². The monoisotopic (exact) mass is 304 g/mol. The third kappa shape index (κ3) is 3.18. The van der Waals surface area contributed by atoms with Crippen LogP contribution in [0.25, 0.3) is 0 Å². The van der Waals surface area contributed by atoms with Gasteiger partial charge in [-0.1, -0.05) is 19.8 Å². The Hall–Kier alpha value is -0.170. The summed E-state index contributed by atoms with van der Waals surface area (Å²) in [6.07, 6.45) is 5.59. The Morgan fingerprint density at radius 3 is 2.65 bits per heavy atom. The number of rotatable bonds is 5. The lowest BCUT2D eigenvalue weighted by Gasteiger charge is -2.47. The first kappa shape index (κ1) is 16.2. The number of hydrogen-bond acceptors (Lipinski definition) is 3. The van der Waals surface area contributed by atoms with Gasteiger partial charge in [0.05, 0.1) is 6.61 Å². The van der Waals surface area contributed by atoms with E-state index >= 15 is 0 Å². The lowest BCUT2D eigenvalue weighted by molar-refractivity contribution is 0.0773. The van der Waals surface area contributed by atoms with Crippen molar-refractivity contribution in [2.45, 2.75) is 45.1 Å². The Bertz CT molecular complexity index is 413. The molecule has 6 heteroatoms. The summed E-state index contributed by atoms with van der Waals surface area (Å²) in [6.45, 7) is 3.81. The summed E-state index contributed by atoms with van der Waals surface area (Å²) < 4.78 is 33.7. The number of ether oxygens (including phenoxy) is 1. The molecule has 0 spiro atoms. The van der Waals surface area contributed by atoms with Crippen molar-refractivity contribution >= 4 is 10.2 Å². The Balaban J connectivity index is 2.13. The number of piperidine rings is 1. The van der Waals surface area contributed by atoms with Gasteiger partial charge in [0, 0.05) is 33.3 Å². The fourth-order valence-electron chi connectivity index (χ4n) is 3.67. The van der Waals surface area contributed by atoms with Crippen LogP contribution in [0.2, 0.25) is 0 Å². The highest BCUT2D eigenvalue weighted by Crippen LogP contribution is 2.40. The van der Waals surface area contributed by atoms with Crippen LogP contribution in [0.1, 0.15) is 39.0 Å². The molecule has 5 nitrogen and oxygen atoms in total. The van der Waals surface area contributed by atoms with Crippen molar-refractivity contribution < 1.29 is 13.2 Å². The first-order valence-electron chi connectivity index (χ1n) is 7.70. The van der Waals surface area contributed by atoms with E-state index in [0.29, 0.717) is 31.5 Å². The zero-order valence-corrected chi connectivity index (χ0v) is 13.7. The molecule has 2 rings (SSSR count). The normalized spacial score (nSPS) is 32.3. The molecule has 1 saturated carbocycles. The van der Waals surface area contributed by atoms with Gasteiger partial charge in [-0.25, -0.2) is 0 Å². The first-order chi connectivity index (χ1) is 9.48. The molecular formula is C14H28N2O3S. The zero-order valence-electron chi connectivity index (χ0n) is 12.9. The van der Waals surface area contributed by atoms with Gasteiger partial charge in [0.15, 0.2) is 0 Å². The van der Waals surface area contributed by atoms with Gasteiger partial charge in [0.25, 0.3) is 10.2 Å². The highest BCUT2D eigenvalue weighted by Gasteiger charge is 2.43. The largest absolute Gasteiger partial charge is 0.383 e. The van der Waals surface area contributed by atoms with E-state index in [9.17, 15) is 8.42 Å². The number of nitrogens with zero attached hydrogens (tertiary/aromatic N) is 2. The second-order valence-corrected chi connectivity index (χ2v) is 8.20. The molecule has 1 aliphatic carbocycles. The van der Waals surface area contributed by atoms with Crippen LogP contribution in [0.15, 0.2) is 0 Å². The van der Waals surface area contributed by atoms with Crippen LogP contribution in [0.4, 0.5) is 0 Å². The standard InChI is InChI=1S/C14H28N2O3S/c1-12-8-9-16(14-7-5-4-6-13(12)14)20(17,18)15(2)10-11-19-3/h12-14H,4-11H2,1-3H3/t12-,13-,14-/m0/s1. The van der Waals surface area contributed by atoms with E-state index in [1.165, 1.54) is 17.1 Å². The fourth-order valence-corrected chi connectivity index (χ4v) is 5.28. The summed E-state index contributed by atoms with van der Waals surface area (Å²) in [5, 5.41) is 0. The quantitative estimate of drug-likeness (QED) is 0.777. The second-order valence-electron chi connectivity index (χ2n) is 6.21. The number of hydrogen-bond donors (Lipinski definition) is 0. The van der Waals surface area contributed by atoms with Crippen LogP contribution in [-0.2, 0) is 14.9 Å². The van der Waals surface area contributed by atoms with Gasteiger partial charge in [-0.2, -0.15) is 17.0 Å². The summed E-state index contributed by atoms with van der Waals surface area (Å²) in [5.41, 5.74) is 0. The third-order valence-electron chi connectivity index (χ3n) is 4.99. The van der Waals surface area contributed by atoms with E-state index < -0.39 is 10.2 Å². The van der Waals surface area contributed by atoms with Gasteiger partial charge in [0.2, 0.25) is 0 Å². The van der Waals surface area contributed by atoms with Crippen LogP contribution in [0, 0.1) is 11.8 Å². The summed E-state index contributed by atoms with van der Waals surface area (Å²) >= 11 is 0. The highest BCUT2D eigenvalue weighted by atomic mass is 32.2. The molecule has 0 bridgehead atoms. The molecule has 0 aromatic carbocycles. The molecule has 2 fully saturated rings. The molecule has 0 aromatic heterocycles. The lowest BCUT2D eigenvalue weighted by Crippen LogP contribution is -2.55. The Kier molecular flexibility index (Phi) is 5.45. The molecule has 0 amide bonds. The zero-order chi connectivity index (χ0) is 14.8. The van der Waals surface area contributed by atoms with Crippen LogP contribution in [0.5, 0.6) is 0 Å². The first-order valence-corrected chi connectivity index (χ1v) is 9.10. The number of methoxy groups -OCH3 is 1. The van der Waals surface area contributed by atoms with Gasteiger partial charge < -0.3 is 4.74 Å². The van der Waals surface area contributed by atoms with E-state index in [0.717, 1.165) is 19.3 Å². The average Bonchev–Trinajstić information content (AvgIpc) is 2.45. The molecular weight excluding hydrogens is 276 g/mol. The minimum Gasteiger partial charge on any atom is -0.383 e. The maximum absolute atomic E-state index is 12.7. The van der Waals surface area contributed by atoms with Gasteiger partial charge in [-0.3, -0.25) is 0 Å². The van der Waals surface area contributed by atoms with E-state index in [1.807, 2.05) is 0 Å². The van der Waals surface area contributed by atoms with Crippen molar-refractivity contribution in [3.63, 3.8) is 0 Å². The van der Waals surface area contributed by atoms with Gasteiger partial charge >= 0.3 is 0 Å². The maximum atomic E-state index is 12.7. The molecule has 20 heavy (non-hydrogen) atoms. The van der Waals surface area contributed by atoms with Crippen molar-refractivity contribution in [2.75, 3.05) is 33.9 Å². The SMILES string of the molecule is COCCN(C)S(=O)(=O)N1CC[C@H](C)[C@@H]2CCCC[C@@H]21. The van der Waals surface area contributed by atoms with E-state index in [1.54, 1.807) is 18.5 Å². The maximum Gasteiger partial charge on any atom is 0.282 e. The molecule has 3 atom stereocenters. The van der Waals surface area contributed by atoms with Gasteiger partial charge in [0.1, 0.15) is 0 Å². The van der Waals surface area contributed by atoms with Crippen LogP contribution in [0.3, 0.4) is 0 Å². The van der Waals surface area contributed by atoms with E-state index in [-0.39, 0.29) is 6.04 Å². The Morgan fingerprint density at radius 2 is 1.95 bits per heavy atom. The molecule has 1 saturated heterocycles. The van der Waals surface area contributed by atoms with Crippen molar-refractivity contribution in [1.29, 1.82) is 0 Å². The average molecular weight is 304 g/mol. The van der Waals surface area contributed by atoms with Gasteiger partial charge in [-0.15, -0.1) is 0 Å². The fraction of sp³-hybridized carbons (Fsp3) is 1.00. The van der Waals surface area contributed by atoms with Crippen molar-refractivity contribution in [1.82, 2.24) is 8.61 Å². The smallest absolute Gasteiger partial charge is 0.282 e. The molecule has 0 aromatic rings. The van der Waals surface area contributed by atoms with Crippen molar-refractivity contribution in [3.05, 3.63) is 0 Å². The van der Waals surface area contributed by atoms with E-state index in [4.69, 9.17) is 4.74 Å². The predicted octanol–water partition coefficient (Wildman–Crippen LogP) is 1.71. The van der Waals surface area contributed by atoms with Crippen LogP contribution in [-0.4, -0.2) is 56.9 Å². The topological polar surface area (TPSA) is 49.9 Å². The Labute approximate surface area is 123 Å². The van der Waals surface area contributed by atoms with Crippen LogP contribution >= 0.6 is 0 Å². The highest BCUT2D eigenvalue weighted by molar-refractivity contribution is 7.86. The number of fused-ring (bicyclic) bond motifs is 1. The molecule has 0 radical (unpaired) electrons. The van der Waals surface area contributed by atoms with Crippen molar-refractivity contribution in [2.24, 2.45) is 11.8 Å². The van der Waals surface area contributed by atoms with Gasteiger partial charge in [-0.05, 0) is 31.1 Å². The second kappa shape index (κ2) is 6.73. The minimum atomic E-state index is -3.34.